The van der Waals surface area contributed by atoms with Crippen molar-refractivity contribution in [2.24, 2.45) is 0 Å². The summed E-state index contributed by atoms with van der Waals surface area (Å²) >= 11 is 0. The molecule has 2 N–H and O–H groups in total. The van der Waals surface area contributed by atoms with E-state index in [0.29, 0.717) is 12.2 Å². The molecule has 0 aromatic heterocycles. The lowest BCUT2D eigenvalue weighted by atomic mass is 10.0. The summed E-state index contributed by atoms with van der Waals surface area (Å²) in [4.78, 5) is 11.5. The second-order valence-electron chi connectivity index (χ2n) is 3.55. The Balaban J connectivity index is 2.45. The second-order valence-corrected chi connectivity index (χ2v) is 3.55. The number of Topliss-reactive ketones (excluding diaryl/α,β-unsaturated/α-hetero) is 1. The fourth-order valence-corrected chi connectivity index (χ4v) is 1.98. The number of nitrogens with one attached hydrogen (secondary N) is 1. The zero-order chi connectivity index (χ0) is 9.42. The molecule has 1 aliphatic heterocycles. The predicted molar refractivity (Wildman–Crippen MR) is 49.2 cm³/mol. The van der Waals surface area contributed by atoms with Crippen LogP contribution in [0.3, 0.4) is 0 Å². The van der Waals surface area contributed by atoms with Crippen LogP contribution in [0.15, 0.2) is 22.6 Å². The molecule has 0 aromatic carbocycles. The first-order valence-electron chi connectivity index (χ1n) is 4.59. The van der Waals surface area contributed by atoms with Crippen LogP contribution in [-0.2, 0) is 4.79 Å². The Labute approximate surface area is 77.1 Å². The molecule has 2 rings (SSSR count). The van der Waals surface area contributed by atoms with Gasteiger partial charge in [0.15, 0.2) is 5.78 Å². The Hall–Kier alpha value is -1.25. The molecular formula is C10H13NO2. The zero-order valence-corrected chi connectivity index (χ0v) is 7.68. The highest BCUT2D eigenvalue weighted by Gasteiger charge is 2.30. The zero-order valence-electron chi connectivity index (χ0n) is 7.68. The second kappa shape index (κ2) is 2.91. The number of carbonyl (C=O) groups is 1. The monoisotopic (exact) mass is 179 g/mol. The summed E-state index contributed by atoms with van der Waals surface area (Å²) in [6.07, 6.45) is 2.34. The van der Waals surface area contributed by atoms with E-state index < -0.39 is 0 Å². The van der Waals surface area contributed by atoms with Crippen LogP contribution in [0.25, 0.3) is 0 Å². The van der Waals surface area contributed by atoms with Crippen molar-refractivity contribution in [3.05, 3.63) is 22.6 Å². The first-order chi connectivity index (χ1) is 6.20. The summed E-state index contributed by atoms with van der Waals surface area (Å²) in [5.41, 5.74) is 2.62. The van der Waals surface area contributed by atoms with Crippen molar-refractivity contribution < 1.29 is 9.90 Å². The van der Waals surface area contributed by atoms with Gasteiger partial charge in [-0.05, 0) is 25.3 Å². The van der Waals surface area contributed by atoms with Crippen molar-refractivity contribution in [1.82, 2.24) is 5.32 Å². The van der Waals surface area contributed by atoms with Gasteiger partial charge in [-0.2, -0.15) is 0 Å². The molecular weight excluding hydrogens is 166 g/mol. The van der Waals surface area contributed by atoms with E-state index in [1.807, 2.05) is 0 Å². The minimum Gasteiger partial charge on any atom is -0.512 e. The van der Waals surface area contributed by atoms with Gasteiger partial charge in [0.05, 0.1) is 11.5 Å². The third-order valence-corrected chi connectivity index (χ3v) is 2.62. The number of carbonyl (C=O) groups excluding carboxylic acids is 1. The van der Waals surface area contributed by atoms with Crippen molar-refractivity contribution in [3.63, 3.8) is 0 Å². The smallest absolute Gasteiger partial charge is 0.183 e. The van der Waals surface area contributed by atoms with Gasteiger partial charge in [-0.15, -0.1) is 0 Å². The van der Waals surface area contributed by atoms with Crippen molar-refractivity contribution in [3.8, 4) is 0 Å². The normalized spacial score (nSPS) is 25.8. The molecule has 0 saturated carbocycles. The fourth-order valence-electron chi connectivity index (χ4n) is 1.98. The minimum atomic E-state index is 0.123. The Bertz CT molecular complexity index is 322. The maximum Gasteiger partial charge on any atom is 0.183 e. The quantitative estimate of drug-likeness (QED) is 0.553. The Morgan fingerprint density at radius 2 is 2.31 bits per heavy atom. The molecule has 0 saturated heterocycles. The standard InChI is InChI=1S/C10H13NO2/c1-6(12)8-5-9(13)10-7(8)3-2-4-11-10/h11-12H,2-5H2,1H3/b8-6+. The molecule has 0 fully saturated rings. The van der Waals surface area contributed by atoms with E-state index in [9.17, 15) is 9.90 Å². The highest BCUT2D eigenvalue weighted by molar-refractivity contribution is 6.02. The number of ketones is 1. The molecule has 0 atom stereocenters. The molecule has 3 nitrogen and oxygen atoms in total. The topological polar surface area (TPSA) is 49.3 Å². The first-order valence-corrected chi connectivity index (χ1v) is 4.59. The number of hydrogen-bond donors (Lipinski definition) is 2. The van der Waals surface area contributed by atoms with Crippen LogP contribution in [0.1, 0.15) is 26.2 Å². The van der Waals surface area contributed by atoms with Gasteiger partial charge in [-0.3, -0.25) is 4.79 Å². The third kappa shape index (κ3) is 1.24. The number of rotatable bonds is 0. The van der Waals surface area contributed by atoms with Crippen LogP contribution in [0.5, 0.6) is 0 Å². The number of aliphatic hydroxyl groups is 1. The number of hydrogen-bond acceptors (Lipinski definition) is 3. The van der Waals surface area contributed by atoms with Crippen LogP contribution in [0.4, 0.5) is 0 Å². The molecule has 1 heterocycles. The number of aliphatic hydroxyl groups excluding tert-OH is 1. The largest absolute Gasteiger partial charge is 0.512 e. The van der Waals surface area contributed by atoms with Crippen molar-refractivity contribution in [2.45, 2.75) is 26.2 Å². The maximum absolute atomic E-state index is 11.5. The molecule has 0 bridgehead atoms. The maximum atomic E-state index is 11.5. The average molecular weight is 179 g/mol. The SMILES string of the molecule is C/C(O)=C1/CC(=O)C2=C1CCCN2. The Morgan fingerprint density at radius 3 is 3.00 bits per heavy atom. The van der Waals surface area contributed by atoms with E-state index in [2.05, 4.69) is 5.32 Å². The molecule has 0 spiro atoms. The van der Waals surface area contributed by atoms with E-state index in [1.54, 1.807) is 6.92 Å². The van der Waals surface area contributed by atoms with Crippen LogP contribution >= 0.6 is 0 Å². The Morgan fingerprint density at radius 1 is 1.54 bits per heavy atom. The molecule has 70 valence electrons. The highest BCUT2D eigenvalue weighted by atomic mass is 16.3. The molecule has 1 aliphatic carbocycles. The van der Waals surface area contributed by atoms with Gasteiger partial charge < -0.3 is 10.4 Å². The van der Waals surface area contributed by atoms with Gasteiger partial charge >= 0.3 is 0 Å². The lowest BCUT2D eigenvalue weighted by Gasteiger charge is -2.15. The first kappa shape index (κ1) is 8.35. The predicted octanol–water partition coefficient (Wildman–Crippen LogP) is 1.43. The fraction of sp³-hybridized carbons (Fsp3) is 0.500. The third-order valence-electron chi connectivity index (χ3n) is 2.62. The Kier molecular flexibility index (Phi) is 1.87. The van der Waals surface area contributed by atoms with E-state index in [4.69, 9.17) is 0 Å². The van der Waals surface area contributed by atoms with Gasteiger partial charge in [-0.1, -0.05) is 0 Å². The summed E-state index contributed by atoms with van der Waals surface area (Å²) < 4.78 is 0. The minimum absolute atomic E-state index is 0.123. The molecule has 0 aromatic rings. The summed E-state index contributed by atoms with van der Waals surface area (Å²) in [5.74, 6) is 0.417. The average Bonchev–Trinajstić information content (AvgIpc) is 2.45. The molecule has 3 heteroatoms. The van der Waals surface area contributed by atoms with Crippen LogP contribution in [0.2, 0.25) is 0 Å². The van der Waals surface area contributed by atoms with Gasteiger partial charge in [0.1, 0.15) is 0 Å². The van der Waals surface area contributed by atoms with Crippen LogP contribution in [0, 0.1) is 0 Å². The lowest BCUT2D eigenvalue weighted by Crippen LogP contribution is -2.23. The number of allylic oxidation sites excluding steroid dienone is 4. The lowest BCUT2D eigenvalue weighted by molar-refractivity contribution is -0.114. The summed E-state index contributed by atoms with van der Waals surface area (Å²) in [6.45, 7) is 2.52. The molecule has 2 aliphatic rings. The summed E-state index contributed by atoms with van der Waals surface area (Å²) in [7, 11) is 0. The molecule has 0 radical (unpaired) electrons. The van der Waals surface area contributed by atoms with E-state index >= 15 is 0 Å². The van der Waals surface area contributed by atoms with Gasteiger partial charge in [0.2, 0.25) is 0 Å². The highest BCUT2D eigenvalue weighted by Crippen LogP contribution is 2.34. The summed E-state index contributed by atoms with van der Waals surface area (Å²) in [5, 5.41) is 12.5. The van der Waals surface area contributed by atoms with E-state index in [0.717, 1.165) is 36.2 Å². The van der Waals surface area contributed by atoms with E-state index in [1.165, 1.54) is 0 Å². The van der Waals surface area contributed by atoms with Gasteiger partial charge in [0.25, 0.3) is 0 Å². The molecule has 0 unspecified atom stereocenters. The van der Waals surface area contributed by atoms with Crippen molar-refractivity contribution in [1.29, 1.82) is 0 Å². The van der Waals surface area contributed by atoms with Crippen molar-refractivity contribution >= 4 is 5.78 Å². The van der Waals surface area contributed by atoms with Crippen LogP contribution < -0.4 is 5.32 Å². The van der Waals surface area contributed by atoms with Gasteiger partial charge in [0, 0.05) is 18.5 Å². The van der Waals surface area contributed by atoms with Crippen LogP contribution in [-0.4, -0.2) is 17.4 Å². The van der Waals surface area contributed by atoms with Crippen molar-refractivity contribution in [2.75, 3.05) is 6.54 Å². The van der Waals surface area contributed by atoms with Gasteiger partial charge in [-0.25, -0.2) is 0 Å². The molecule has 13 heavy (non-hydrogen) atoms. The molecule has 0 amide bonds. The summed E-state index contributed by atoms with van der Waals surface area (Å²) in [6, 6.07) is 0. The van der Waals surface area contributed by atoms with E-state index in [-0.39, 0.29) is 5.78 Å².